The van der Waals surface area contributed by atoms with Gasteiger partial charge >= 0.3 is 0 Å². The summed E-state index contributed by atoms with van der Waals surface area (Å²) in [5, 5.41) is 1.14. The van der Waals surface area contributed by atoms with Crippen molar-refractivity contribution in [1.29, 1.82) is 0 Å². The molecule has 0 saturated heterocycles. The topological polar surface area (TPSA) is 12.9 Å². The molecule has 0 fully saturated rings. The largest absolute Gasteiger partial charge is 0.250 e. The zero-order chi connectivity index (χ0) is 11.1. The van der Waals surface area contributed by atoms with Crippen LogP contribution in [0.2, 0.25) is 0 Å². The molecule has 84 valence electrons. The van der Waals surface area contributed by atoms with Gasteiger partial charge in [-0.2, -0.15) is 11.8 Å². The Morgan fingerprint density at radius 2 is 2.00 bits per heavy atom. The van der Waals surface area contributed by atoms with Gasteiger partial charge in [0.15, 0.2) is 0 Å². The molecule has 0 aromatic carbocycles. The van der Waals surface area contributed by atoms with Crippen LogP contribution in [0.3, 0.4) is 0 Å². The lowest BCUT2D eigenvalue weighted by molar-refractivity contribution is 0.801. The van der Waals surface area contributed by atoms with E-state index in [1.54, 1.807) is 0 Å². The van der Waals surface area contributed by atoms with E-state index in [1.807, 2.05) is 41.9 Å². The summed E-state index contributed by atoms with van der Waals surface area (Å²) in [5.74, 6) is 2.41. The standard InChI is InChI=1S/C12H19NS2/c1-12(2,3)15-10-6-9-14-11-7-4-5-8-13-11/h4-5,7-8H,6,9-10H2,1-3H3. The monoisotopic (exact) mass is 241 g/mol. The number of thioether (sulfide) groups is 2. The summed E-state index contributed by atoms with van der Waals surface area (Å²) >= 11 is 3.88. The molecule has 0 N–H and O–H groups in total. The Kier molecular flexibility index (Phi) is 5.54. The van der Waals surface area contributed by atoms with Gasteiger partial charge in [0.1, 0.15) is 0 Å². The van der Waals surface area contributed by atoms with E-state index in [4.69, 9.17) is 0 Å². The first-order chi connectivity index (χ1) is 7.08. The Morgan fingerprint density at radius 3 is 2.60 bits per heavy atom. The van der Waals surface area contributed by atoms with Gasteiger partial charge in [-0.1, -0.05) is 26.8 Å². The smallest absolute Gasteiger partial charge is 0.0959 e. The summed E-state index contributed by atoms with van der Waals surface area (Å²) in [6.07, 6.45) is 3.11. The maximum Gasteiger partial charge on any atom is 0.0959 e. The third-order valence-corrected chi connectivity index (χ3v) is 4.10. The maximum absolute atomic E-state index is 4.28. The second-order valence-corrected chi connectivity index (χ2v) is 7.37. The highest BCUT2D eigenvalue weighted by Gasteiger charge is 2.09. The SMILES string of the molecule is CC(C)(C)SCCCSc1ccccn1. The molecule has 1 rings (SSSR count). The molecule has 0 saturated carbocycles. The van der Waals surface area contributed by atoms with Crippen molar-refractivity contribution >= 4 is 23.5 Å². The fourth-order valence-electron chi connectivity index (χ4n) is 1.05. The number of pyridine rings is 1. The van der Waals surface area contributed by atoms with Crippen LogP contribution in [0.15, 0.2) is 29.4 Å². The molecule has 15 heavy (non-hydrogen) atoms. The van der Waals surface area contributed by atoms with E-state index in [-0.39, 0.29) is 0 Å². The Bertz CT molecular complexity index is 267. The highest BCUT2D eigenvalue weighted by atomic mass is 32.2. The minimum atomic E-state index is 0.398. The van der Waals surface area contributed by atoms with Crippen molar-refractivity contribution in [3.8, 4) is 0 Å². The highest BCUT2D eigenvalue weighted by molar-refractivity contribution is 8.01. The van der Waals surface area contributed by atoms with Gasteiger partial charge in [0.2, 0.25) is 0 Å². The van der Waals surface area contributed by atoms with Crippen molar-refractivity contribution in [3.05, 3.63) is 24.4 Å². The van der Waals surface area contributed by atoms with Crippen LogP contribution in [0.25, 0.3) is 0 Å². The molecule has 0 bridgehead atoms. The van der Waals surface area contributed by atoms with Gasteiger partial charge in [-0.3, -0.25) is 0 Å². The van der Waals surface area contributed by atoms with Crippen LogP contribution in [0, 0.1) is 0 Å². The molecule has 1 aromatic rings. The van der Waals surface area contributed by atoms with Crippen LogP contribution in [-0.2, 0) is 0 Å². The molecular formula is C12H19NS2. The van der Waals surface area contributed by atoms with Crippen LogP contribution in [0.5, 0.6) is 0 Å². The van der Waals surface area contributed by atoms with Gasteiger partial charge < -0.3 is 0 Å². The van der Waals surface area contributed by atoms with Crippen LogP contribution in [0.1, 0.15) is 27.2 Å². The molecule has 1 nitrogen and oxygen atoms in total. The van der Waals surface area contributed by atoms with Crippen molar-refractivity contribution in [2.75, 3.05) is 11.5 Å². The van der Waals surface area contributed by atoms with Crippen molar-refractivity contribution in [2.45, 2.75) is 37.0 Å². The lowest BCUT2D eigenvalue weighted by atomic mass is 10.3. The van der Waals surface area contributed by atoms with Gasteiger partial charge in [-0.05, 0) is 24.3 Å². The number of nitrogens with zero attached hydrogens (tertiary/aromatic N) is 1. The first-order valence-corrected chi connectivity index (χ1v) is 7.23. The zero-order valence-electron chi connectivity index (χ0n) is 9.69. The molecule has 1 aromatic heterocycles. The van der Waals surface area contributed by atoms with Crippen LogP contribution < -0.4 is 0 Å². The van der Waals surface area contributed by atoms with Gasteiger partial charge in [-0.25, -0.2) is 4.98 Å². The predicted molar refractivity (Wildman–Crippen MR) is 71.8 cm³/mol. The van der Waals surface area contributed by atoms with Crippen molar-refractivity contribution in [3.63, 3.8) is 0 Å². The lowest BCUT2D eigenvalue weighted by Crippen LogP contribution is -2.08. The Morgan fingerprint density at radius 1 is 1.20 bits per heavy atom. The third-order valence-electron chi connectivity index (χ3n) is 1.71. The van der Waals surface area contributed by atoms with E-state index in [0.717, 1.165) is 5.03 Å². The lowest BCUT2D eigenvalue weighted by Gasteiger charge is -2.16. The van der Waals surface area contributed by atoms with Gasteiger partial charge in [0, 0.05) is 16.7 Å². The number of aromatic nitrogens is 1. The summed E-state index contributed by atoms with van der Waals surface area (Å²) in [7, 11) is 0. The first-order valence-electron chi connectivity index (χ1n) is 5.26. The third kappa shape index (κ3) is 6.85. The van der Waals surface area contributed by atoms with E-state index in [1.165, 1.54) is 17.9 Å². The maximum atomic E-state index is 4.28. The van der Waals surface area contributed by atoms with Gasteiger partial charge in [-0.15, -0.1) is 11.8 Å². The van der Waals surface area contributed by atoms with E-state index in [0.29, 0.717) is 4.75 Å². The molecule has 0 unspecified atom stereocenters. The molecule has 0 aliphatic heterocycles. The number of hydrogen-bond acceptors (Lipinski definition) is 3. The summed E-state index contributed by atoms with van der Waals surface area (Å²) in [5.41, 5.74) is 0. The average molecular weight is 241 g/mol. The van der Waals surface area contributed by atoms with E-state index in [2.05, 4.69) is 31.8 Å². The summed E-state index contributed by atoms with van der Waals surface area (Å²) in [6, 6.07) is 6.07. The zero-order valence-corrected chi connectivity index (χ0v) is 11.3. The fraction of sp³-hybridized carbons (Fsp3) is 0.583. The summed E-state index contributed by atoms with van der Waals surface area (Å²) < 4.78 is 0.398. The molecule has 1 heterocycles. The Hall–Kier alpha value is -0.150. The van der Waals surface area contributed by atoms with Crippen LogP contribution in [0.4, 0.5) is 0 Å². The number of rotatable bonds is 5. The normalized spacial score (nSPS) is 11.7. The van der Waals surface area contributed by atoms with E-state index < -0.39 is 0 Å². The van der Waals surface area contributed by atoms with E-state index in [9.17, 15) is 0 Å². The molecule has 0 spiro atoms. The minimum Gasteiger partial charge on any atom is -0.250 e. The second-order valence-electron chi connectivity index (χ2n) is 4.33. The number of hydrogen-bond donors (Lipinski definition) is 0. The molecule has 0 atom stereocenters. The minimum absolute atomic E-state index is 0.398. The fourth-order valence-corrected chi connectivity index (χ4v) is 2.94. The second kappa shape index (κ2) is 6.44. The van der Waals surface area contributed by atoms with Crippen LogP contribution >= 0.6 is 23.5 Å². The molecule has 0 aliphatic carbocycles. The Labute approximate surface area is 101 Å². The Balaban J connectivity index is 2.08. The van der Waals surface area contributed by atoms with Crippen LogP contribution in [-0.4, -0.2) is 21.2 Å². The van der Waals surface area contributed by atoms with Gasteiger partial charge in [0.05, 0.1) is 5.03 Å². The molecule has 0 amide bonds. The first kappa shape index (κ1) is 12.9. The summed E-state index contributed by atoms with van der Waals surface area (Å²) in [6.45, 7) is 6.80. The molecule has 0 radical (unpaired) electrons. The molecular weight excluding hydrogens is 222 g/mol. The van der Waals surface area contributed by atoms with Crippen molar-refractivity contribution in [1.82, 2.24) is 4.98 Å². The quantitative estimate of drug-likeness (QED) is 0.569. The van der Waals surface area contributed by atoms with Crippen molar-refractivity contribution < 1.29 is 0 Å². The highest BCUT2D eigenvalue weighted by Crippen LogP contribution is 2.25. The average Bonchev–Trinajstić information content (AvgIpc) is 2.17. The predicted octanol–water partition coefficient (Wildman–Crippen LogP) is 4.10. The van der Waals surface area contributed by atoms with Crippen molar-refractivity contribution in [2.24, 2.45) is 0 Å². The molecule has 3 heteroatoms. The summed E-state index contributed by atoms with van der Waals surface area (Å²) in [4.78, 5) is 4.28. The molecule has 0 aliphatic rings. The van der Waals surface area contributed by atoms with Gasteiger partial charge in [0.25, 0.3) is 0 Å². The van der Waals surface area contributed by atoms with E-state index >= 15 is 0 Å².